The van der Waals surface area contributed by atoms with Gasteiger partial charge in [-0.2, -0.15) is 14.6 Å². The van der Waals surface area contributed by atoms with Gasteiger partial charge in [-0.05, 0) is 31.5 Å². The monoisotopic (exact) mass is 356 g/mol. The standard InChI is InChI=1S/C18H21ClN6/c1-13-11-17(25-18(22-13)20-12-21-25)24-9-7-23(8-10-24)14(2)15-3-5-16(19)6-4-15/h3-6,11-12,14H,7-10H2,1-2H3. The van der Waals surface area contributed by atoms with E-state index in [1.165, 1.54) is 5.56 Å². The van der Waals surface area contributed by atoms with Crippen LogP contribution in [0.25, 0.3) is 5.78 Å². The summed E-state index contributed by atoms with van der Waals surface area (Å²) >= 11 is 6.00. The summed E-state index contributed by atoms with van der Waals surface area (Å²) in [5.41, 5.74) is 2.27. The minimum atomic E-state index is 0.380. The summed E-state index contributed by atoms with van der Waals surface area (Å²) in [7, 11) is 0. The number of fused-ring (bicyclic) bond motifs is 1. The van der Waals surface area contributed by atoms with Gasteiger partial charge in [-0.15, -0.1) is 0 Å². The first-order valence-electron chi connectivity index (χ1n) is 8.53. The number of aromatic nitrogens is 4. The largest absolute Gasteiger partial charge is 0.354 e. The van der Waals surface area contributed by atoms with Crippen molar-refractivity contribution in [2.75, 3.05) is 31.1 Å². The number of aryl methyl sites for hydroxylation is 1. The highest BCUT2D eigenvalue weighted by molar-refractivity contribution is 6.30. The zero-order chi connectivity index (χ0) is 17.4. The minimum Gasteiger partial charge on any atom is -0.354 e. The van der Waals surface area contributed by atoms with Gasteiger partial charge in [0.25, 0.3) is 5.78 Å². The number of benzene rings is 1. The van der Waals surface area contributed by atoms with Crippen molar-refractivity contribution in [2.24, 2.45) is 0 Å². The summed E-state index contributed by atoms with van der Waals surface area (Å²) in [6.07, 6.45) is 1.56. The van der Waals surface area contributed by atoms with E-state index in [1.807, 2.05) is 23.6 Å². The molecule has 0 bridgehead atoms. The average Bonchev–Trinajstić information content (AvgIpc) is 3.09. The lowest BCUT2D eigenvalue weighted by molar-refractivity contribution is 0.198. The quantitative estimate of drug-likeness (QED) is 0.722. The molecule has 1 fully saturated rings. The molecule has 25 heavy (non-hydrogen) atoms. The normalized spacial score (nSPS) is 17.2. The summed E-state index contributed by atoms with van der Waals surface area (Å²) in [4.78, 5) is 13.5. The van der Waals surface area contributed by atoms with E-state index < -0.39 is 0 Å². The maximum Gasteiger partial charge on any atom is 0.254 e. The molecule has 1 atom stereocenters. The van der Waals surface area contributed by atoms with Gasteiger partial charge in [0.15, 0.2) is 0 Å². The van der Waals surface area contributed by atoms with Gasteiger partial charge in [0.05, 0.1) is 0 Å². The summed E-state index contributed by atoms with van der Waals surface area (Å²) in [5, 5.41) is 5.10. The minimum absolute atomic E-state index is 0.380. The summed E-state index contributed by atoms with van der Waals surface area (Å²) in [5.74, 6) is 1.73. The Morgan fingerprint density at radius 1 is 1.08 bits per heavy atom. The number of rotatable bonds is 3. The lowest BCUT2D eigenvalue weighted by atomic mass is 10.1. The second-order valence-electron chi connectivity index (χ2n) is 6.48. The highest BCUT2D eigenvalue weighted by Gasteiger charge is 2.24. The molecule has 130 valence electrons. The van der Waals surface area contributed by atoms with Gasteiger partial charge in [0, 0.05) is 49.0 Å². The topological polar surface area (TPSA) is 49.6 Å². The lowest BCUT2D eigenvalue weighted by Crippen LogP contribution is -2.47. The van der Waals surface area contributed by atoms with Crippen LogP contribution in [0.2, 0.25) is 5.02 Å². The van der Waals surface area contributed by atoms with Crippen LogP contribution in [0.5, 0.6) is 0 Å². The third-order valence-electron chi connectivity index (χ3n) is 4.90. The van der Waals surface area contributed by atoms with Gasteiger partial charge in [-0.1, -0.05) is 23.7 Å². The van der Waals surface area contributed by atoms with Crippen molar-refractivity contribution in [1.82, 2.24) is 24.5 Å². The van der Waals surface area contributed by atoms with Crippen molar-refractivity contribution >= 4 is 23.2 Å². The molecule has 1 saturated heterocycles. The Kier molecular flexibility index (Phi) is 4.31. The van der Waals surface area contributed by atoms with Gasteiger partial charge < -0.3 is 4.90 Å². The first-order valence-corrected chi connectivity index (χ1v) is 8.91. The van der Waals surface area contributed by atoms with Gasteiger partial charge in [-0.25, -0.2) is 4.98 Å². The Balaban J connectivity index is 1.49. The van der Waals surface area contributed by atoms with Crippen molar-refractivity contribution in [3.05, 3.63) is 52.9 Å². The van der Waals surface area contributed by atoms with Gasteiger partial charge in [-0.3, -0.25) is 4.90 Å². The predicted octanol–water partition coefficient (Wildman–Crippen LogP) is 2.97. The Hall–Kier alpha value is -2.18. The van der Waals surface area contributed by atoms with Crippen LogP contribution in [0, 0.1) is 6.92 Å². The van der Waals surface area contributed by atoms with Crippen LogP contribution >= 0.6 is 11.6 Å². The Morgan fingerprint density at radius 3 is 2.52 bits per heavy atom. The van der Waals surface area contributed by atoms with Gasteiger partial charge >= 0.3 is 0 Å². The van der Waals surface area contributed by atoms with E-state index in [0.717, 1.165) is 42.7 Å². The number of nitrogens with zero attached hydrogens (tertiary/aromatic N) is 6. The zero-order valence-electron chi connectivity index (χ0n) is 14.4. The number of hydrogen-bond acceptors (Lipinski definition) is 5. The zero-order valence-corrected chi connectivity index (χ0v) is 15.2. The van der Waals surface area contributed by atoms with E-state index >= 15 is 0 Å². The highest BCUT2D eigenvalue weighted by atomic mass is 35.5. The Bertz CT molecular complexity index is 867. The summed E-state index contributed by atoms with van der Waals surface area (Å²) < 4.78 is 1.82. The van der Waals surface area contributed by atoms with Crippen molar-refractivity contribution in [3.63, 3.8) is 0 Å². The van der Waals surface area contributed by atoms with Crippen molar-refractivity contribution in [1.29, 1.82) is 0 Å². The van der Waals surface area contributed by atoms with Crippen LogP contribution in [0.1, 0.15) is 24.2 Å². The fourth-order valence-corrected chi connectivity index (χ4v) is 3.55. The summed E-state index contributed by atoms with van der Waals surface area (Å²) in [6, 6.07) is 10.6. The molecule has 1 aliphatic rings. The van der Waals surface area contributed by atoms with E-state index in [9.17, 15) is 0 Å². The number of hydrogen-bond donors (Lipinski definition) is 0. The molecule has 0 radical (unpaired) electrons. The Labute approximate surface area is 152 Å². The van der Waals surface area contributed by atoms with Gasteiger partial charge in [0.2, 0.25) is 0 Å². The van der Waals surface area contributed by atoms with Crippen LogP contribution in [0.4, 0.5) is 5.82 Å². The molecule has 0 aliphatic carbocycles. The Morgan fingerprint density at radius 2 is 1.80 bits per heavy atom. The molecule has 3 aromatic rings. The maximum absolute atomic E-state index is 6.00. The van der Waals surface area contributed by atoms with Crippen molar-refractivity contribution in [3.8, 4) is 0 Å². The number of piperazine rings is 1. The molecule has 1 aliphatic heterocycles. The SMILES string of the molecule is Cc1cc(N2CCN(C(C)c3ccc(Cl)cc3)CC2)n2ncnc2n1. The third-order valence-corrected chi connectivity index (χ3v) is 5.15. The molecule has 0 saturated carbocycles. The van der Waals surface area contributed by atoms with Crippen molar-refractivity contribution < 1.29 is 0 Å². The summed E-state index contributed by atoms with van der Waals surface area (Å²) in [6.45, 7) is 8.16. The van der Waals surface area contributed by atoms with E-state index in [1.54, 1.807) is 6.33 Å². The van der Waals surface area contributed by atoms with Crippen LogP contribution in [-0.4, -0.2) is 50.7 Å². The highest BCUT2D eigenvalue weighted by Crippen LogP contribution is 2.25. The molecule has 4 rings (SSSR count). The first kappa shape index (κ1) is 16.3. The molecule has 7 heteroatoms. The third kappa shape index (κ3) is 3.19. The van der Waals surface area contributed by atoms with Gasteiger partial charge in [0.1, 0.15) is 12.1 Å². The smallest absolute Gasteiger partial charge is 0.254 e. The molecule has 0 spiro atoms. The number of anilines is 1. The fourth-order valence-electron chi connectivity index (χ4n) is 3.43. The fraction of sp³-hybridized carbons (Fsp3) is 0.389. The average molecular weight is 357 g/mol. The lowest BCUT2D eigenvalue weighted by Gasteiger charge is -2.39. The molecule has 0 amide bonds. The second kappa shape index (κ2) is 6.61. The van der Waals surface area contributed by atoms with Crippen LogP contribution in [0.15, 0.2) is 36.7 Å². The van der Waals surface area contributed by atoms with Crippen LogP contribution < -0.4 is 4.90 Å². The van der Waals surface area contributed by atoms with E-state index in [-0.39, 0.29) is 0 Å². The molecular weight excluding hydrogens is 336 g/mol. The molecular formula is C18H21ClN6. The van der Waals surface area contributed by atoms with E-state index in [0.29, 0.717) is 11.8 Å². The first-order chi connectivity index (χ1) is 12.1. The van der Waals surface area contributed by atoms with Crippen LogP contribution in [-0.2, 0) is 0 Å². The van der Waals surface area contributed by atoms with E-state index in [4.69, 9.17) is 11.6 Å². The number of halogens is 1. The maximum atomic E-state index is 6.00. The van der Waals surface area contributed by atoms with Crippen molar-refractivity contribution in [2.45, 2.75) is 19.9 Å². The predicted molar refractivity (Wildman–Crippen MR) is 99.2 cm³/mol. The van der Waals surface area contributed by atoms with E-state index in [2.05, 4.69) is 50.0 Å². The van der Waals surface area contributed by atoms with Crippen LogP contribution in [0.3, 0.4) is 0 Å². The molecule has 1 aromatic carbocycles. The molecule has 6 nitrogen and oxygen atoms in total. The molecule has 2 aromatic heterocycles. The second-order valence-corrected chi connectivity index (χ2v) is 6.91. The molecule has 1 unspecified atom stereocenters. The molecule has 0 N–H and O–H groups in total. The molecule has 3 heterocycles.